The van der Waals surface area contributed by atoms with E-state index in [1.54, 1.807) is 20.8 Å². The molecular formula is C18H23F2N3O2S. The van der Waals surface area contributed by atoms with E-state index in [1.165, 1.54) is 30.0 Å². The van der Waals surface area contributed by atoms with Gasteiger partial charge in [-0.3, -0.25) is 10.3 Å². The van der Waals surface area contributed by atoms with E-state index in [1.807, 2.05) is 0 Å². The number of ether oxygens (including phenoxy) is 1. The fourth-order valence-corrected chi connectivity index (χ4v) is 4.70. The van der Waals surface area contributed by atoms with Crippen molar-refractivity contribution in [1.82, 2.24) is 5.32 Å². The number of hydrogen-bond acceptors (Lipinski definition) is 5. The molecule has 1 amide bonds. The lowest BCUT2D eigenvalue weighted by Gasteiger charge is -2.36. The maximum absolute atomic E-state index is 14.6. The van der Waals surface area contributed by atoms with E-state index in [0.29, 0.717) is 23.0 Å². The zero-order chi connectivity index (χ0) is 19.1. The Kier molecular flexibility index (Phi) is 4.90. The van der Waals surface area contributed by atoms with Crippen LogP contribution in [0.1, 0.15) is 39.2 Å². The molecule has 3 atom stereocenters. The smallest absolute Gasteiger partial charge is 0.413 e. The second kappa shape index (κ2) is 6.72. The number of carbonyl (C=O) groups is 1. The van der Waals surface area contributed by atoms with Gasteiger partial charge in [-0.15, -0.1) is 0 Å². The summed E-state index contributed by atoms with van der Waals surface area (Å²) < 4.78 is 34.1. The molecule has 0 aromatic heterocycles. The van der Waals surface area contributed by atoms with Gasteiger partial charge in [0, 0.05) is 29.3 Å². The summed E-state index contributed by atoms with van der Waals surface area (Å²) in [6.45, 7) is 5.27. The van der Waals surface area contributed by atoms with E-state index in [-0.39, 0.29) is 17.9 Å². The van der Waals surface area contributed by atoms with Crippen LogP contribution in [0.15, 0.2) is 23.2 Å². The number of alkyl halides is 1. The normalized spacial score (nSPS) is 28.3. The van der Waals surface area contributed by atoms with Gasteiger partial charge in [0.15, 0.2) is 5.17 Å². The number of hydrogen-bond donors (Lipinski definition) is 2. The van der Waals surface area contributed by atoms with Gasteiger partial charge in [-0.1, -0.05) is 11.8 Å². The van der Waals surface area contributed by atoms with Crippen molar-refractivity contribution in [1.29, 1.82) is 0 Å². The van der Waals surface area contributed by atoms with Crippen LogP contribution in [-0.2, 0) is 10.3 Å². The minimum atomic E-state index is -1.08. The summed E-state index contributed by atoms with van der Waals surface area (Å²) in [6.07, 6.45) is -1.34. The van der Waals surface area contributed by atoms with Crippen molar-refractivity contribution in [2.45, 2.75) is 50.9 Å². The molecule has 1 unspecified atom stereocenters. The fraction of sp³-hybridized carbons (Fsp3) is 0.556. The van der Waals surface area contributed by atoms with Gasteiger partial charge in [0.2, 0.25) is 0 Å². The van der Waals surface area contributed by atoms with Gasteiger partial charge in [-0.05, 0) is 45.4 Å². The molecule has 1 aromatic rings. The molecule has 0 spiro atoms. The Morgan fingerprint density at radius 1 is 1.46 bits per heavy atom. The standard InChI is InChI=1S/C18H23F2N3O2S/c1-17(2,3)25-16(24)22-15-23-18(8-11(19)6-10(18)9-26-15)13-7-12(21)4-5-14(13)20/h4-5,7,10-11H,6,8-9,21H2,1-3H3,(H,22,23,24)/t10?,11-,18+/m1/s1. The Balaban J connectivity index is 1.96. The van der Waals surface area contributed by atoms with Gasteiger partial charge in [-0.2, -0.15) is 0 Å². The van der Waals surface area contributed by atoms with Gasteiger partial charge in [-0.25, -0.2) is 13.6 Å². The Hall–Kier alpha value is -1.83. The molecule has 26 heavy (non-hydrogen) atoms. The van der Waals surface area contributed by atoms with Crippen molar-refractivity contribution in [3.05, 3.63) is 29.6 Å². The summed E-state index contributed by atoms with van der Waals surface area (Å²) in [4.78, 5) is 16.6. The summed E-state index contributed by atoms with van der Waals surface area (Å²) in [7, 11) is 0. The lowest BCUT2D eigenvalue weighted by atomic mass is 9.81. The SMILES string of the molecule is CC(C)(C)OC(=O)NC1=N[C@@]2(c3cc(N)ccc3F)C[C@H](F)CC2CS1. The summed E-state index contributed by atoms with van der Waals surface area (Å²) in [6, 6.07) is 4.26. The number of carbonyl (C=O) groups excluding carboxylic acids is 1. The highest BCUT2D eigenvalue weighted by atomic mass is 32.2. The number of fused-ring (bicyclic) bond motifs is 1. The number of nitrogens with zero attached hydrogens (tertiary/aromatic N) is 1. The first-order valence-electron chi connectivity index (χ1n) is 8.51. The molecule has 1 aromatic carbocycles. The van der Waals surface area contributed by atoms with Crippen molar-refractivity contribution in [3.63, 3.8) is 0 Å². The number of amidine groups is 1. The highest BCUT2D eigenvalue weighted by molar-refractivity contribution is 8.13. The number of alkyl carbamates (subject to hydrolysis) is 1. The van der Waals surface area contributed by atoms with E-state index < -0.39 is 29.2 Å². The zero-order valence-corrected chi connectivity index (χ0v) is 15.8. The minimum absolute atomic E-state index is 0.0676. The molecule has 1 saturated carbocycles. The summed E-state index contributed by atoms with van der Waals surface area (Å²) in [5.41, 5.74) is 4.80. The molecule has 3 rings (SSSR count). The van der Waals surface area contributed by atoms with Gasteiger partial charge in [0.05, 0.1) is 5.54 Å². The predicted molar refractivity (Wildman–Crippen MR) is 99.4 cm³/mol. The molecule has 0 radical (unpaired) electrons. The average Bonchev–Trinajstić information content (AvgIpc) is 2.83. The van der Waals surface area contributed by atoms with Crippen LogP contribution in [0.25, 0.3) is 0 Å². The highest BCUT2D eigenvalue weighted by Gasteiger charge is 2.52. The number of nitrogens with two attached hydrogens (primary N) is 1. The number of benzene rings is 1. The third kappa shape index (κ3) is 3.79. The summed E-state index contributed by atoms with van der Waals surface area (Å²) in [5.74, 6) is -0.0999. The largest absolute Gasteiger partial charge is 0.444 e. The minimum Gasteiger partial charge on any atom is -0.444 e. The molecule has 5 nitrogen and oxygen atoms in total. The van der Waals surface area contributed by atoms with Crippen LogP contribution in [-0.4, -0.2) is 28.8 Å². The molecule has 2 aliphatic rings. The number of nitrogens with one attached hydrogen (secondary N) is 1. The van der Waals surface area contributed by atoms with Crippen LogP contribution in [0.3, 0.4) is 0 Å². The zero-order valence-electron chi connectivity index (χ0n) is 15.0. The summed E-state index contributed by atoms with van der Waals surface area (Å²) in [5, 5.41) is 2.92. The lowest BCUT2D eigenvalue weighted by molar-refractivity contribution is 0.0564. The fourth-order valence-electron chi connectivity index (χ4n) is 3.55. The molecule has 1 aliphatic heterocycles. The van der Waals surface area contributed by atoms with Crippen LogP contribution in [0.2, 0.25) is 0 Å². The molecule has 1 aliphatic carbocycles. The summed E-state index contributed by atoms with van der Waals surface area (Å²) >= 11 is 1.32. The first-order valence-corrected chi connectivity index (χ1v) is 9.50. The Morgan fingerprint density at radius 3 is 2.88 bits per heavy atom. The van der Waals surface area contributed by atoms with E-state index >= 15 is 0 Å². The second-order valence-corrected chi connectivity index (χ2v) is 8.76. The number of aliphatic imine (C=N–C) groups is 1. The van der Waals surface area contributed by atoms with E-state index in [9.17, 15) is 13.6 Å². The topological polar surface area (TPSA) is 76.7 Å². The second-order valence-electron chi connectivity index (χ2n) is 7.75. The van der Waals surface area contributed by atoms with E-state index in [2.05, 4.69) is 10.3 Å². The molecule has 1 heterocycles. The molecule has 0 saturated heterocycles. The van der Waals surface area contributed by atoms with Crippen molar-refractivity contribution in [2.75, 3.05) is 11.5 Å². The lowest BCUT2D eigenvalue weighted by Crippen LogP contribution is -2.42. The molecule has 1 fully saturated rings. The Morgan fingerprint density at radius 2 is 2.19 bits per heavy atom. The van der Waals surface area contributed by atoms with E-state index in [4.69, 9.17) is 10.5 Å². The first kappa shape index (κ1) is 18.9. The number of halogens is 2. The molecule has 142 valence electrons. The maximum Gasteiger partial charge on any atom is 0.413 e. The van der Waals surface area contributed by atoms with Crippen molar-refractivity contribution >= 4 is 28.7 Å². The average molecular weight is 383 g/mol. The quantitative estimate of drug-likeness (QED) is 0.719. The number of anilines is 1. The van der Waals surface area contributed by atoms with Crippen molar-refractivity contribution < 1.29 is 18.3 Å². The van der Waals surface area contributed by atoms with E-state index in [0.717, 1.165) is 0 Å². The number of nitrogen functional groups attached to an aromatic ring is 1. The monoisotopic (exact) mass is 383 g/mol. The Bertz CT molecular complexity index is 750. The molecule has 3 N–H and O–H groups in total. The molecule has 8 heteroatoms. The van der Waals surface area contributed by atoms with Crippen LogP contribution >= 0.6 is 11.8 Å². The third-order valence-corrected chi connectivity index (χ3v) is 5.57. The molecule has 0 bridgehead atoms. The molecular weight excluding hydrogens is 360 g/mol. The van der Waals surface area contributed by atoms with Crippen LogP contribution in [0.5, 0.6) is 0 Å². The van der Waals surface area contributed by atoms with Gasteiger partial charge >= 0.3 is 6.09 Å². The first-order chi connectivity index (χ1) is 12.1. The predicted octanol–water partition coefficient (Wildman–Crippen LogP) is 3.98. The van der Waals surface area contributed by atoms with Crippen LogP contribution in [0.4, 0.5) is 19.3 Å². The maximum atomic E-state index is 14.6. The third-order valence-electron chi connectivity index (χ3n) is 4.54. The number of rotatable bonds is 1. The number of amides is 1. The Labute approximate surface area is 155 Å². The van der Waals surface area contributed by atoms with Gasteiger partial charge < -0.3 is 10.5 Å². The van der Waals surface area contributed by atoms with Crippen LogP contribution in [0, 0.1) is 11.7 Å². The van der Waals surface area contributed by atoms with Gasteiger partial charge in [0.1, 0.15) is 17.6 Å². The van der Waals surface area contributed by atoms with Crippen molar-refractivity contribution in [2.24, 2.45) is 10.9 Å². The van der Waals surface area contributed by atoms with Gasteiger partial charge in [0.25, 0.3) is 0 Å². The number of thioether (sulfide) groups is 1. The van der Waals surface area contributed by atoms with Crippen molar-refractivity contribution in [3.8, 4) is 0 Å². The van der Waals surface area contributed by atoms with Crippen LogP contribution < -0.4 is 11.1 Å². The highest BCUT2D eigenvalue weighted by Crippen LogP contribution is 2.52.